The van der Waals surface area contributed by atoms with Gasteiger partial charge >= 0.3 is 5.95 Å². The van der Waals surface area contributed by atoms with Crippen LogP contribution in [0.2, 0.25) is 0 Å². The lowest BCUT2D eigenvalue weighted by atomic mass is 10.1. The number of aromatic amines is 1. The Morgan fingerprint density at radius 3 is 2.83 bits per heavy atom. The average molecular weight is 245 g/mol. The maximum Gasteiger partial charge on any atom is 0.432 e. The largest absolute Gasteiger partial charge is 0.489 e. The smallest absolute Gasteiger partial charge is 0.432 e. The number of hydrogen-bond donors (Lipinski definition) is 1. The van der Waals surface area contributed by atoms with Crippen LogP contribution >= 0.6 is 0 Å². The van der Waals surface area contributed by atoms with Crippen LogP contribution in [-0.2, 0) is 0 Å². The monoisotopic (exact) mass is 245 g/mol. The van der Waals surface area contributed by atoms with E-state index in [2.05, 4.69) is 16.0 Å². The number of para-hydroxylation sites is 1. The first-order valence-electron chi connectivity index (χ1n) is 5.29. The number of fused-ring (bicyclic) bond motifs is 1. The Hall–Kier alpha value is -2.63. The second kappa shape index (κ2) is 5.62. The highest BCUT2D eigenvalue weighted by Crippen LogP contribution is 2.21. The number of nitrogens with zero attached hydrogens (tertiary/aromatic N) is 2. The molecule has 6 heteroatoms. The predicted octanol–water partition coefficient (Wildman–Crippen LogP) is 2.41. The summed E-state index contributed by atoms with van der Waals surface area (Å²) < 4.78 is 5.34. The van der Waals surface area contributed by atoms with Crippen LogP contribution in [-0.4, -0.2) is 21.5 Å². The number of nitro groups is 1. The Morgan fingerprint density at radius 2 is 2.22 bits per heavy atom. The Bertz CT molecular complexity index is 549. The molecule has 1 aliphatic heterocycles. The number of nitrogens with one attached hydrogen (secondary N) is 1. The fraction of sp³-hybridized carbons (Fsp3) is 0.0833. The van der Waals surface area contributed by atoms with Gasteiger partial charge in [-0.25, -0.2) is 4.98 Å². The number of aromatic nitrogens is 2. The lowest BCUT2D eigenvalue weighted by Gasteiger charge is -2.10. The summed E-state index contributed by atoms with van der Waals surface area (Å²) in [5.41, 5.74) is 1.17. The summed E-state index contributed by atoms with van der Waals surface area (Å²) in [5, 5.41) is 9.77. The first-order valence-corrected chi connectivity index (χ1v) is 5.29. The number of benzene rings is 1. The molecule has 92 valence electrons. The zero-order chi connectivity index (χ0) is 12.8. The number of hydrogen-bond acceptors (Lipinski definition) is 4. The molecular weight excluding hydrogens is 234 g/mol. The molecule has 0 spiro atoms. The van der Waals surface area contributed by atoms with Gasteiger partial charge in [-0.3, -0.25) is 0 Å². The molecular formula is C12H11N3O3. The van der Waals surface area contributed by atoms with Gasteiger partial charge in [-0.15, -0.1) is 0 Å². The van der Waals surface area contributed by atoms with Crippen molar-refractivity contribution in [2.24, 2.45) is 0 Å². The number of ether oxygens (including phenoxy) is 1. The minimum Gasteiger partial charge on any atom is -0.489 e. The molecule has 0 saturated carbocycles. The maximum atomic E-state index is 9.77. The molecule has 6 nitrogen and oxygen atoms in total. The van der Waals surface area contributed by atoms with Gasteiger partial charge in [-0.1, -0.05) is 29.3 Å². The summed E-state index contributed by atoms with van der Waals surface area (Å²) >= 11 is 0. The highest BCUT2D eigenvalue weighted by molar-refractivity contribution is 5.58. The summed E-state index contributed by atoms with van der Waals surface area (Å²) in [5.74, 6) is 0.773. The van der Waals surface area contributed by atoms with Crippen LogP contribution in [0.1, 0.15) is 5.56 Å². The van der Waals surface area contributed by atoms with Crippen molar-refractivity contribution in [2.45, 2.75) is 0 Å². The number of H-pyrrole nitrogens is 1. The van der Waals surface area contributed by atoms with E-state index in [9.17, 15) is 10.1 Å². The Morgan fingerprint density at radius 1 is 1.39 bits per heavy atom. The number of rotatable bonds is 1. The van der Waals surface area contributed by atoms with Crippen molar-refractivity contribution in [3.63, 3.8) is 0 Å². The molecule has 1 N–H and O–H groups in total. The normalized spacial score (nSPS) is 11.8. The molecule has 0 bridgehead atoms. The molecule has 0 amide bonds. The predicted molar refractivity (Wildman–Crippen MR) is 66.2 cm³/mol. The second-order valence-electron chi connectivity index (χ2n) is 3.42. The highest BCUT2D eigenvalue weighted by atomic mass is 16.6. The summed E-state index contributed by atoms with van der Waals surface area (Å²) in [6.45, 7) is 0.705. The zero-order valence-electron chi connectivity index (χ0n) is 9.45. The Balaban J connectivity index is 0.000000138. The van der Waals surface area contributed by atoms with E-state index >= 15 is 0 Å². The standard InChI is InChI=1S/C9H8O.C3H3N3O2/c1-2-6-9-8(4-1)5-3-7-10-9;7-6(8)3-4-1-2-5-3/h1-6H,7H2;1-2H,(H,4,5). The molecule has 1 aromatic carbocycles. The lowest BCUT2D eigenvalue weighted by molar-refractivity contribution is -0.393. The van der Waals surface area contributed by atoms with E-state index < -0.39 is 4.92 Å². The van der Waals surface area contributed by atoms with Crippen LogP contribution in [0, 0.1) is 10.1 Å². The van der Waals surface area contributed by atoms with Crippen molar-refractivity contribution < 1.29 is 9.66 Å². The molecule has 2 heterocycles. The van der Waals surface area contributed by atoms with Gasteiger partial charge in [0.25, 0.3) is 0 Å². The van der Waals surface area contributed by atoms with Crippen LogP contribution in [0.15, 0.2) is 42.7 Å². The third kappa shape index (κ3) is 2.94. The van der Waals surface area contributed by atoms with Gasteiger partial charge in [0.15, 0.2) is 0 Å². The summed E-state index contributed by atoms with van der Waals surface area (Å²) in [6.07, 6.45) is 6.83. The summed E-state index contributed by atoms with van der Waals surface area (Å²) in [4.78, 5) is 14.9. The molecule has 0 saturated heterocycles. The fourth-order valence-corrected chi connectivity index (χ4v) is 1.42. The molecule has 3 rings (SSSR count). The van der Waals surface area contributed by atoms with Crippen LogP contribution < -0.4 is 4.74 Å². The van der Waals surface area contributed by atoms with Crippen molar-refractivity contribution in [1.82, 2.24) is 9.97 Å². The molecule has 2 aromatic rings. The maximum absolute atomic E-state index is 9.77. The molecule has 0 atom stereocenters. The molecule has 0 aliphatic carbocycles. The van der Waals surface area contributed by atoms with E-state index in [1.165, 1.54) is 18.0 Å². The topological polar surface area (TPSA) is 81.1 Å². The third-order valence-electron chi connectivity index (χ3n) is 2.21. The molecule has 0 fully saturated rings. The minimum atomic E-state index is -0.583. The van der Waals surface area contributed by atoms with Gasteiger partial charge in [0.2, 0.25) is 0 Å². The van der Waals surface area contributed by atoms with Crippen LogP contribution in [0.25, 0.3) is 6.08 Å². The SMILES string of the molecule is C1=Cc2ccccc2OC1.O=[N+]([O-])c1ncc[nH]1. The van der Waals surface area contributed by atoms with Crippen molar-refractivity contribution in [3.05, 3.63) is 58.4 Å². The molecule has 1 aromatic heterocycles. The van der Waals surface area contributed by atoms with E-state index in [1.54, 1.807) is 0 Å². The van der Waals surface area contributed by atoms with Crippen molar-refractivity contribution in [1.29, 1.82) is 0 Å². The Kier molecular flexibility index (Phi) is 3.70. The van der Waals surface area contributed by atoms with Gasteiger partial charge in [0.1, 0.15) is 18.6 Å². The van der Waals surface area contributed by atoms with Crippen molar-refractivity contribution in [3.8, 4) is 5.75 Å². The van der Waals surface area contributed by atoms with Crippen LogP contribution in [0.3, 0.4) is 0 Å². The van der Waals surface area contributed by atoms with E-state index in [0.29, 0.717) is 6.61 Å². The molecule has 0 radical (unpaired) electrons. The van der Waals surface area contributed by atoms with Crippen molar-refractivity contribution >= 4 is 12.0 Å². The molecule has 0 unspecified atom stereocenters. The average Bonchev–Trinajstić information content (AvgIpc) is 2.94. The van der Waals surface area contributed by atoms with Crippen LogP contribution in [0.5, 0.6) is 5.75 Å². The second-order valence-corrected chi connectivity index (χ2v) is 3.42. The zero-order valence-corrected chi connectivity index (χ0v) is 9.45. The number of imidazole rings is 1. The Labute approximate surface area is 103 Å². The fourth-order valence-electron chi connectivity index (χ4n) is 1.42. The van der Waals surface area contributed by atoms with Gasteiger partial charge in [0, 0.05) is 5.56 Å². The van der Waals surface area contributed by atoms with Gasteiger partial charge in [-0.05, 0) is 17.1 Å². The van der Waals surface area contributed by atoms with E-state index in [0.717, 1.165) is 5.75 Å². The third-order valence-corrected chi connectivity index (χ3v) is 2.21. The van der Waals surface area contributed by atoms with Gasteiger partial charge < -0.3 is 14.9 Å². The van der Waals surface area contributed by atoms with Crippen molar-refractivity contribution in [2.75, 3.05) is 6.61 Å². The lowest BCUT2D eigenvalue weighted by Crippen LogP contribution is -1.98. The highest BCUT2D eigenvalue weighted by Gasteiger charge is 2.01. The van der Waals surface area contributed by atoms with Crippen LogP contribution in [0.4, 0.5) is 5.95 Å². The summed E-state index contributed by atoms with van der Waals surface area (Å²) in [6, 6.07) is 8.03. The molecule has 18 heavy (non-hydrogen) atoms. The van der Waals surface area contributed by atoms with Gasteiger partial charge in [0.05, 0.1) is 6.20 Å². The quantitative estimate of drug-likeness (QED) is 0.617. The van der Waals surface area contributed by atoms with E-state index in [1.807, 2.05) is 30.3 Å². The van der Waals surface area contributed by atoms with Gasteiger partial charge in [-0.2, -0.15) is 0 Å². The first-order chi connectivity index (χ1) is 8.77. The van der Waals surface area contributed by atoms with E-state index in [4.69, 9.17) is 4.74 Å². The first kappa shape index (κ1) is 11.8. The minimum absolute atomic E-state index is 0.218. The van der Waals surface area contributed by atoms with E-state index in [-0.39, 0.29) is 5.95 Å². The molecule has 1 aliphatic rings. The summed E-state index contributed by atoms with van der Waals surface area (Å²) in [7, 11) is 0.